The number of hydrogen-bond acceptors (Lipinski definition) is 14. The van der Waals surface area contributed by atoms with E-state index in [4.69, 9.17) is 28.4 Å². The van der Waals surface area contributed by atoms with Gasteiger partial charge in [0.25, 0.3) is 0 Å². The van der Waals surface area contributed by atoms with E-state index in [9.17, 15) is 40.5 Å². The highest BCUT2D eigenvalue weighted by atomic mass is 16.7. The second-order valence-corrected chi connectivity index (χ2v) is 21.5. The van der Waals surface area contributed by atoms with Crippen molar-refractivity contribution in [2.24, 2.45) is 0 Å². The maximum absolute atomic E-state index is 13.1. The first kappa shape index (κ1) is 67.8. The first-order valence-corrected chi connectivity index (χ1v) is 30.3. The van der Waals surface area contributed by atoms with E-state index < -0.39 is 80.7 Å². The van der Waals surface area contributed by atoms with Crippen molar-refractivity contribution in [2.45, 2.75) is 325 Å². The van der Waals surface area contributed by atoms with Crippen molar-refractivity contribution in [3.63, 3.8) is 0 Å². The van der Waals surface area contributed by atoms with E-state index in [1.54, 1.807) is 0 Å². The molecule has 2 aliphatic rings. The van der Waals surface area contributed by atoms with Gasteiger partial charge in [-0.1, -0.05) is 225 Å². The van der Waals surface area contributed by atoms with Crippen molar-refractivity contribution in [1.82, 2.24) is 0 Å². The Morgan fingerprint density at radius 2 is 0.808 bits per heavy atom. The van der Waals surface area contributed by atoms with Gasteiger partial charge in [0.05, 0.1) is 26.4 Å². The minimum Gasteiger partial charge on any atom is -0.457 e. The topological polar surface area (TPSA) is 214 Å². The van der Waals surface area contributed by atoms with Crippen LogP contribution in [0.1, 0.15) is 258 Å². The third kappa shape index (κ3) is 33.6. The summed E-state index contributed by atoms with van der Waals surface area (Å²) in [5.41, 5.74) is 0. The Hall–Kier alpha value is -1.27. The van der Waals surface area contributed by atoms with Gasteiger partial charge in [-0.3, -0.25) is 4.79 Å². The van der Waals surface area contributed by atoms with Gasteiger partial charge in [-0.15, -0.1) is 0 Å². The average Bonchev–Trinajstić information content (AvgIpc) is 3.39. The summed E-state index contributed by atoms with van der Waals surface area (Å²) in [7, 11) is 0. The second kappa shape index (κ2) is 46.8. The lowest BCUT2D eigenvalue weighted by atomic mass is 9.98. The quantitative estimate of drug-likeness (QED) is 0.0172. The summed E-state index contributed by atoms with van der Waals surface area (Å²) in [4.78, 5) is 13.1. The number of carbonyl (C=O) groups excluding carboxylic acids is 1. The highest BCUT2D eigenvalue weighted by Gasteiger charge is 2.47. The fourth-order valence-corrected chi connectivity index (χ4v) is 9.87. The Morgan fingerprint density at radius 3 is 1.25 bits per heavy atom. The third-order valence-corrected chi connectivity index (χ3v) is 14.8. The van der Waals surface area contributed by atoms with E-state index >= 15 is 0 Å². The zero-order valence-corrected chi connectivity index (χ0v) is 46.4. The maximum atomic E-state index is 13.1. The second-order valence-electron chi connectivity index (χ2n) is 21.5. The molecular formula is C59H112O14. The molecule has 0 saturated carbocycles. The number of unbranched alkanes of at least 4 members (excludes halogenated alkanes) is 34. The summed E-state index contributed by atoms with van der Waals surface area (Å²) in [6.07, 6.45) is 35.7. The van der Waals surface area contributed by atoms with E-state index in [1.807, 2.05) is 0 Å². The third-order valence-electron chi connectivity index (χ3n) is 14.8. The number of hydrogen-bond donors (Lipinski definition) is 7. The van der Waals surface area contributed by atoms with E-state index in [0.717, 1.165) is 44.9 Å². The molecule has 2 fully saturated rings. The average molecular weight is 1050 g/mol. The van der Waals surface area contributed by atoms with Crippen molar-refractivity contribution in [2.75, 3.05) is 33.0 Å². The van der Waals surface area contributed by atoms with Crippen LogP contribution in [0.2, 0.25) is 0 Å². The summed E-state index contributed by atoms with van der Waals surface area (Å²) in [5, 5.41) is 72.3. The van der Waals surface area contributed by atoms with Crippen molar-refractivity contribution in [3.05, 3.63) is 12.2 Å². The predicted molar refractivity (Wildman–Crippen MR) is 289 cm³/mol. The smallest absolute Gasteiger partial charge is 0.306 e. The lowest BCUT2D eigenvalue weighted by molar-refractivity contribution is -0.332. The zero-order chi connectivity index (χ0) is 53.0. The number of ether oxygens (including phenoxy) is 6. The Balaban J connectivity index is 1.67. The summed E-state index contributed by atoms with van der Waals surface area (Å²) in [6, 6.07) is 0. The molecule has 2 rings (SSSR count). The SMILES string of the molecule is CCCCCCC/C=C\CCCCCCCCOCC(COC1OC(COC2OC(CO)C(O)C(O)C2O)C(O)C(O)C1O)OC(=O)CCCCCCCCCCCCCCCCCCCCCCCCCC. The molecule has 2 saturated heterocycles. The zero-order valence-electron chi connectivity index (χ0n) is 46.4. The van der Waals surface area contributed by atoms with Gasteiger partial charge in [0, 0.05) is 13.0 Å². The van der Waals surface area contributed by atoms with Gasteiger partial charge in [0.2, 0.25) is 0 Å². The lowest BCUT2D eigenvalue weighted by Gasteiger charge is -2.42. The molecule has 11 atom stereocenters. The standard InChI is InChI=1S/C59H112O14/c1-3-5-7-9-11-13-15-17-19-20-21-22-23-24-25-26-27-28-30-32-34-36-38-40-42-51(61)71-48(45-68-43-41-39-37-35-33-31-29-18-16-14-12-10-8-6-4-2)46-69-58-57(67)55(65)53(63)50(73-58)47-70-59-56(66)54(64)52(62)49(44-60)72-59/h16,18,48-50,52-60,62-67H,3-15,17,19-47H2,1-2H3/b18-16-. The number of carbonyl (C=O) groups is 1. The first-order valence-electron chi connectivity index (χ1n) is 30.3. The van der Waals surface area contributed by atoms with Crippen LogP contribution in [0.3, 0.4) is 0 Å². The molecule has 0 aromatic carbocycles. The number of rotatable bonds is 50. The minimum absolute atomic E-state index is 0.0633. The largest absolute Gasteiger partial charge is 0.457 e. The van der Waals surface area contributed by atoms with Crippen LogP contribution in [-0.4, -0.2) is 142 Å². The minimum atomic E-state index is -1.70. The summed E-state index contributed by atoms with van der Waals surface area (Å²) >= 11 is 0. The number of aliphatic hydroxyl groups is 7. The molecule has 7 N–H and O–H groups in total. The fourth-order valence-electron chi connectivity index (χ4n) is 9.87. The molecule has 2 heterocycles. The molecule has 14 nitrogen and oxygen atoms in total. The Kier molecular flexibility index (Phi) is 43.5. The molecule has 0 aliphatic carbocycles. The van der Waals surface area contributed by atoms with Gasteiger partial charge in [-0.05, 0) is 38.5 Å². The van der Waals surface area contributed by atoms with Crippen LogP contribution in [0.5, 0.6) is 0 Å². The molecule has 0 bridgehead atoms. The highest BCUT2D eigenvalue weighted by Crippen LogP contribution is 2.27. The maximum Gasteiger partial charge on any atom is 0.306 e. The molecular weight excluding hydrogens is 933 g/mol. The van der Waals surface area contributed by atoms with Crippen LogP contribution in [0.15, 0.2) is 12.2 Å². The number of allylic oxidation sites excluding steroid dienone is 2. The van der Waals surface area contributed by atoms with Crippen molar-refractivity contribution in [3.8, 4) is 0 Å². The van der Waals surface area contributed by atoms with Gasteiger partial charge >= 0.3 is 5.97 Å². The van der Waals surface area contributed by atoms with E-state index in [1.165, 1.54) is 186 Å². The van der Waals surface area contributed by atoms with Crippen LogP contribution in [-0.2, 0) is 33.2 Å². The fraction of sp³-hybridized carbons (Fsp3) is 0.949. The summed E-state index contributed by atoms with van der Waals surface area (Å²) in [5.74, 6) is -0.371. The van der Waals surface area contributed by atoms with E-state index in [2.05, 4.69) is 26.0 Å². The molecule has 2 aliphatic heterocycles. The van der Waals surface area contributed by atoms with Crippen LogP contribution >= 0.6 is 0 Å². The summed E-state index contributed by atoms with van der Waals surface area (Å²) < 4.78 is 34.4. The predicted octanol–water partition coefficient (Wildman–Crippen LogP) is 11.0. The van der Waals surface area contributed by atoms with Gasteiger partial charge < -0.3 is 64.2 Å². The molecule has 0 aromatic heterocycles. The molecule has 0 radical (unpaired) electrons. The lowest BCUT2D eigenvalue weighted by Crippen LogP contribution is -2.61. The highest BCUT2D eigenvalue weighted by molar-refractivity contribution is 5.69. The molecule has 14 heteroatoms. The molecule has 0 aromatic rings. The van der Waals surface area contributed by atoms with Crippen LogP contribution < -0.4 is 0 Å². The van der Waals surface area contributed by atoms with E-state index in [-0.39, 0.29) is 25.6 Å². The molecule has 11 unspecified atom stereocenters. The first-order chi connectivity index (χ1) is 35.6. The van der Waals surface area contributed by atoms with Crippen molar-refractivity contribution in [1.29, 1.82) is 0 Å². The molecule has 0 amide bonds. The van der Waals surface area contributed by atoms with Crippen LogP contribution in [0, 0.1) is 0 Å². The number of aliphatic hydroxyl groups excluding tert-OH is 7. The molecule has 73 heavy (non-hydrogen) atoms. The Morgan fingerprint density at radius 1 is 0.438 bits per heavy atom. The van der Waals surface area contributed by atoms with Crippen molar-refractivity contribution < 1.29 is 69.0 Å². The van der Waals surface area contributed by atoms with Crippen LogP contribution in [0.4, 0.5) is 0 Å². The molecule has 0 spiro atoms. The summed E-state index contributed by atoms with van der Waals surface area (Å²) in [6.45, 7) is 3.72. The number of esters is 1. The van der Waals surface area contributed by atoms with Crippen molar-refractivity contribution >= 4 is 5.97 Å². The van der Waals surface area contributed by atoms with E-state index in [0.29, 0.717) is 13.0 Å². The van der Waals surface area contributed by atoms with Crippen LogP contribution in [0.25, 0.3) is 0 Å². The Labute approximate surface area is 444 Å². The van der Waals surface area contributed by atoms with Gasteiger partial charge in [-0.2, -0.15) is 0 Å². The van der Waals surface area contributed by atoms with Gasteiger partial charge in [0.1, 0.15) is 54.9 Å². The normalized spacial score (nSPS) is 24.9. The van der Waals surface area contributed by atoms with Gasteiger partial charge in [-0.25, -0.2) is 0 Å². The van der Waals surface area contributed by atoms with Gasteiger partial charge in [0.15, 0.2) is 12.6 Å². The molecule has 432 valence electrons. The monoisotopic (exact) mass is 1040 g/mol. The Bertz CT molecular complexity index is 1260.